The minimum Gasteiger partial charge on any atom is -0.371 e. The van der Waals surface area contributed by atoms with Crippen LogP contribution in [0.5, 0.6) is 0 Å². The second-order valence-corrected chi connectivity index (χ2v) is 5.14. The molecule has 15 heavy (non-hydrogen) atoms. The van der Waals surface area contributed by atoms with Gasteiger partial charge < -0.3 is 4.74 Å². The zero-order chi connectivity index (χ0) is 10.3. The number of Topliss-reactive ketones (excluding diaryl/α,β-unsaturated/α-hetero) is 1. The van der Waals surface area contributed by atoms with Crippen LogP contribution in [0.4, 0.5) is 0 Å². The molecule has 0 N–H and O–H groups in total. The first-order valence-electron chi connectivity index (χ1n) is 5.49. The molecular formula is C11H13NO2S. The van der Waals surface area contributed by atoms with Gasteiger partial charge in [0.25, 0.3) is 0 Å². The van der Waals surface area contributed by atoms with Crippen LogP contribution in [0.3, 0.4) is 0 Å². The van der Waals surface area contributed by atoms with Gasteiger partial charge in [0.05, 0.1) is 10.6 Å². The Balaban J connectivity index is 1.94. The van der Waals surface area contributed by atoms with E-state index in [9.17, 15) is 4.79 Å². The van der Waals surface area contributed by atoms with Gasteiger partial charge in [0, 0.05) is 13.0 Å². The molecule has 0 saturated carbocycles. The quantitative estimate of drug-likeness (QED) is 0.734. The predicted octanol–water partition coefficient (Wildman–Crippen LogP) is 2.51. The number of aromatic nitrogens is 1. The number of rotatable bonds is 1. The van der Waals surface area contributed by atoms with Crippen molar-refractivity contribution >= 4 is 17.1 Å². The highest BCUT2D eigenvalue weighted by Gasteiger charge is 2.27. The van der Waals surface area contributed by atoms with Gasteiger partial charge in [0.2, 0.25) is 0 Å². The second kappa shape index (κ2) is 3.68. The van der Waals surface area contributed by atoms with E-state index in [1.807, 2.05) is 0 Å². The molecule has 3 rings (SSSR count). The van der Waals surface area contributed by atoms with Crippen LogP contribution in [0.2, 0.25) is 0 Å². The van der Waals surface area contributed by atoms with Crippen molar-refractivity contribution in [1.82, 2.24) is 4.98 Å². The maximum atomic E-state index is 11.6. The molecule has 1 aromatic rings. The minimum absolute atomic E-state index is 0.161. The summed E-state index contributed by atoms with van der Waals surface area (Å²) in [4.78, 5) is 17.1. The lowest BCUT2D eigenvalue weighted by Gasteiger charge is -2.06. The van der Waals surface area contributed by atoms with E-state index >= 15 is 0 Å². The average Bonchev–Trinajstić information content (AvgIpc) is 2.86. The molecule has 0 radical (unpaired) electrons. The monoisotopic (exact) mass is 223 g/mol. The standard InChI is InChI=1S/C11H13NO2S/c13-8-4-1-3-7-10(8)15-11(12-7)9-5-2-6-14-9/h9H,1-6H2. The van der Waals surface area contributed by atoms with Crippen molar-refractivity contribution in [3.8, 4) is 0 Å². The lowest BCUT2D eigenvalue weighted by Crippen LogP contribution is -2.07. The molecule has 1 aromatic heterocycles. The fraction of sp³-hybridized carbons (Fsp3) is 0.636. The highest BCUT2D eigenvalue weighted by Crippen LogP contribution is 2.35. The molecule has 0 amide bonds. The van der Waals surface area contributed by atoms with E-state index in [0.717, 1.165) is 47.9 Å². The van der Waals surface area contributed by atoms with Crippen molar-refractivity contribution in [3.63, 3.8) is 0 Å². The number of nitrogens with zero attached hydrogens (tertiary/aromatic N) is 1. The third-order valence-corrected chi connectivity index (χ3v) is 4.22. The first-order chi connectivity index (χ1) is 7.34. The maximum absolute atomic E-state index is 11.6. The highest BCUT2D eigenvalue weighted by molar-refractivity contribution is 7.14. The number of ether oxygens (including phenoxy) is 1. The van der Waals surface area contributed by atoms with Gasteiger partial charge in [0.1, 0.15) is 11.1 Å². The molecule has 0 aromatic carbocycles. The summed E-state index contributed by atoms with van der Waals surface area (Å²) in [6.45, 7) is 0.836. The Morgan fingerprint density at radius 1 is 1.33 bits per heavy atom. The summed E-state index contributed by atoms with van der Waals surface area (Å²) in [7, 11) is 0. The van der Waals surface area contributed by atoms with E-state index in [-0.39, 0.29) is 11.9 Å². The van der Waals surface area contributed by atoms with Crippen molar-refractivity contribution in [2.45, 2.75) is 38.2 Å². The molecule has 2 aliphatic rings. The summed E-state index contributed by atoms with van der Waals surface area (Å²) >= 11 is 1.56. The van der Waals surface area contributed by atoms with Gasteiger partial charge in [-0.25, -0.2) is 4.98 Å². The van der Waals surface area contributed by atoms with Crippen molar-refractivity contribution in [3.05, 3.63) is 15.6 Å². The van der Waals surface area contributed by atoms with Crippen molar-refractivity contribution in [1.29, 1.82) is 0 Å². The number of hydrogen-bond donors (Lipinski definition) is 0. The van der Waals surface area contributed by atoms with Crippen molar-refractivity contribution in [2.75, 3.05) is 6.61 Å². The molecule has 1 aliphatic carbocycles. The van der Waals surface area contributed by atoms with E-state index in [2.05, 4.69) is 4.98 Å². The van der Waals surface area contributed by atoms with E-state index in [4.69, 9.17) is 4.74 Å². The van der Waals surface area contributed by atoms with Crippen LogP contribution in [0.25, 0.3) is 0 Å². The van der Waals surface area contributed by atoms with E-state index in [1.54, 1.807) is 11.3 Å². The number of carbonyl (C=O) groups excluding carboxylic acids is 1. The lowest BCUT2D eigenvalue weighted by atomic mass is 10.0. The number of fused-ring (bicyclic) bond motifs is 1. The Labute approximate surface area is 92.5 Å². The van der Waals surface area contributed by atoms with Gasteiger partial charge in [-0.2, -0.15) is 0 Å². The van der Waals surface area contributed by atoms with Crippen LogP contribution in [0.1, 0.15) is 52.2 Å². The molecule has 4 heteroatoms. The number of ketones is 1. The van der Waals surface area contributed by atoms with Crippen LogP contribution >= 0.6 is 11.3 Å². The average molecular weight is 223 g/mol. The van der Waals surface area contributed by atoms with Crippen LogP contribution in [0.15, 0.2) is 0 Å². The fourth-order valence-corrected chi connectivity index (χ4v) is 3.36. The summed E-state index contributed by atoms with van der Waals surface area (Å²) in [5.41, 5.74) is 1.02. The summed E-state index contributed by atoms with van der Waals surface area (Å²) in [5.74, 6) is 0.276. The van der Waals surface area contributed by atoms with Crippen molar-refractivity contribution in [2.24, 2.45) is 0 Å². The molecule has 1 aliphatic heterocycles. The Morgan fingerprint density at radius 2 is 2.27 bits per heavy atom. The van der Waals surface area contributed by atoms with E-state index in [0.29, 0.717) is 6.42 Å². The highest BCUT2D eigenvalue weighted by atomic mass is 32.1. The maximum Gasteiger partial charge on any atom is 0.174 e. The normalized spacial score (nSPS) is 25.6. The van der Waals surface area contributed by atoms with Gasteiger partial charge in [-0.05, 0) is 25.7 Å². The zero-order valence-corrected chi connectivity index (χ0v) is 9.31. The van der Waals surface area contributed by atoms with Crippen LogP contribution in [0, 0.1) is 0 Å². The largest absolute Gasteiger partial charge is 0.371 e. The van der Waals surface area contributed by atoms with Gasteiger partial charge in [-0.1, -0.05) is 0 Å². The van der Waals surface area contributed by atoms with Gasteiger partial charge >= 0.3 is 0 Å². The second-order valence-electron chi connectivity index (χ2n) is 4.11. The fourth-order valence-electron chi connectivity index (χ4n) is 2.20. The zero-order valence-electron chi connectivity index (χ0n) is 8.49. The Morgan fingerprint density at radius 3 is 3.00 bits per heavy atom. The molecule has 2 heterocycles. The predicted molar refractivity (Wildman–Crippen MR) is 57.3 cm³/mol. The number of hydrogen-bond acceptors (Lipinski definition) is 4. The van der Waals surface area contributed by atoms with Crippen LogP contribution < -0.4 is 0 Å². The van der Waals surface area contributed by atoms with Gasteiger partial charge in [-0.3, -0.25) is 4.79 Å². The first kappa shape index (κ1) is 9.48. The third-order valence-electron chi connectivity index (χ3n) is 2.99. The molecular weight excluding hydrogens is 210 g/mol. The third kappa shape index (κ3) is 1.62. The van der Waals surface area contributed by atoms with E-state index in [1.165, 1.54) is 0 Å². The molecule has 1 saturated heterocycles. The summed E-state index contributed by atoms with van der Waals surface area (Å²) in [5, 5.41) is 1.02. The van der Waals surface area contributed by atoms with E-state index < -0.39 is 0 Å². The van der Waals surface area contributed by atoms with Crippen molar-refractivity contribution < 1.29 is 9.53 Å². The molecule has 0 bridgehead atoms. The van der Waals surface area contributed by atoms with Crippen LogP contribution in [-0.2, 0) is 11.2 Å². The molecule has 1 atom stereocenters. The molecule has 3 nitrogen and oxygen atoms in total. The smallest absolute Gasteiger partial charge is 0.174 e. The summed E-state index contributed by atoms with van der Waals surface area (Å²) in [6, 6.07) is 0. The summed E-state index contributed by atoms with van der Waals surface area (Å²) in [6.07, 6.45) is 4.95. The SMILES string of the molecule is O=C1CCCc2nc(C3CCCO3)sc21. The Bertz CT molecular complexity index is 393. The molecule has 1 unspecified atom stereocenters. The van der Waals surface area contributed by atoms with Crippen LogP contribution in [-0.4, -0.2) is 17.4 Å². The van der Waals surface area contributed by atoms with Gasteiger partial charge in [0.15, 0.2) is 5.78 Å². The first-order valence-corrected chi connectivity index (χ1v) is 6.30. The number of carbonyl (C=O) groups is 1. The topological polar surface area (TPSA) is 39.2 Å². The number of aryl methyl sites for hydroxylation is 1. The molecule has 1 fully saturated rings. The lowest BCUT2D eigenvalue weighted by molar-refractivity contribution is 0.0976. The molecule has 80 valence electrons. The number of thiazole rings is 1. The Kier molecular flexibility index (Phi) is 2.33. The van der Waals surface area contributed by atoms with Gasteiger partial charge in [-0.15, -0.1) is 11.3 Å². The molecule has 0 spiro atoms. The summed E-state index contributed by atoms with van der Waals surface area (Å²) < 4.78 is 5.59. The Hall–Kier alpha value is -0.740. The minimum atomic E-state index is 0.161.